The molecule has 2 saturated heterocycles. The summed E-state index contributed by atoms with van der Waals surface area (Å²) in [6, 6.07) is 5.42. The molecule has 146 valence electrons. The topological polar surface area (TPSA) is 74.8 Å². The summed E-state index contributed by atoms with van der Waals surface area (Å²) in [6.07, 6.45) is 5.58. The number of rotatable bonds is 3. The maximum absolute atomic E-state index is 13.1. The summed E-state index contributed by atoms with van der Waals surface area (Å²) in [5.74, 6) is 0.487. The molecule has 3 aliphatic rings. The Bertz CT molecular complexity index is 891. The van der Waals surface area contributed by atoms with Gasteiger partial charge in [-0.15, -0.1) is 0 Å². The minimum atomic E-state index is -3.36. The van der Waals surface area contributed by atoms with Gasteiger partial charge in [-0.05, 0) is 56.2 Å². The van der Waals surface area contributed by atoms with Gasteiger partial charge >= 0.3 is 0 Å². The highest BCUT2D eigenvalue weighted by atomic mass is 32.2. The van der Waals surface area contributed by atoms with Crippen molar-refractivity contribution in [3.8, 4) is 0 Å². The molecule has 2 atom stereocenters. The molecule has 0 spiro atoms. The van der Waals surface area contributed by atoms with Crippen LogP contribution < -0.4 is 0 Å². The molecule has 2 heterocycles. The third kappa shape index (κ3) is 3.49. The Labute approximate surface area is 160 Å². The van der Waals surface area contributed by atoms with E-state index in [4.69, 9.17) is 0 Å². The quantitative estimate of drug-likeness (QED) is 0.791. The summed E-state index contributed by atoms with van der Waals surface area (Å²) in [5.41, 5.74) is 1.25. The maximum Gasteiger partial charge on any atom is 0.254 e. The smallest absolute Gasteiger partial charge is 0.254 e. The third-order valence-corrected chi connectivity index (χ3v) is 7.27. The number of hydrogen-bond donors (Lipinski definition) is 0. The highest BCUT2D eigenvalue weighted by molar-refractivity contribution is 7.90. The van der Waals surface area contributed by atoms with Crippen LogP contribution in [0.1, 0.15) is 48.0 Å². The van der Waals surface area contributed by atoms with Crippen molar-refractivity contribution in [3.05, 3.63) is 29.3 Å². The van der Waals surface area contributed by atoms with E-state index >= 15 is 0 Å². The van der Waals surface area contributed by atoms with Gasteiger partial charge < -0.3 is 9.80 Å². The molecule has 1 aromatic carbocycles. The summed E-state index contributed by atoms with van der Waals surface area (Å²) in [6.45, 7) is 3.09. The molecule has 3 fully saturated rings. The summed E-state index contributed by atoms with van der Waals surface area (Å²) in [4.78, 5) is 29.6. The van der Waals surface area contributed by atoms with E-state index in [-0.39, 0.29) is 22.8 Å². The molecule has 0 unspecified atom stereocenters. The number of carbonyl (C=O) groups excluding carboxylic acids is 2. The van der Waals surface area contributed by atoms with Crippen molar-refractivity contribution in [2.24, 2.45) is 5.92 Å². The second kappa shape index (κ2) is 6.62. The van der Waals surface area contributed by atoms with Gasteiger partial charge in [0.15, 0.2) is 9.84 Å². The summed E-state index contributed by atoms with van der Waals surface area (Å²) in [7, 11) is -3.36. The number of nitrogens with zero attached hydrogens (tertiary/aromatic N) is 2. The molecule has 2 aliphatic heterocycles. The van der Waals surface area contributed by atoms with Crippen molar-refractivity contribution >= 4 is 21.7 Å². The Kier molecular flexibility index (Phi) is 4.53. The fourth-order valence-electron chi connectivity index (χ4n) is 4.54. The fourth-order valence-corrected chi connectivity index (χ4v) is 5.18. The zero-order valence-corrected chi connectivity index (χ0v) is 16.7. The number of benzene rings is 1. The van der Waals surface area contributed by atoms with Crippen molar-refractivity contribution in [1.29, 1.82) is 0 Å². The van der Waals surface area contributed by atoms with Crippen molar-refractivity contribution in [1.82, 2.24) is 9.80 Å². The minimum absolute atomic E-state index is 0.105. The van der Waals surface area contributed by atoms with Crippen LogP contribution in [0, 0.1) is 12.8 Å². The number of carbonyl (C=O) groups is 2. The van der Waals surface area contributed by atoms with Gasteiger partial charge in [0.05, 0.1) is 4.90 Å². The molecule has 1 aliphatic carbocycles. The molecule has 4 rings (SSSR count). The van der Waals surface area contributed by atoms with Crippen LogP contribution in [0.5, 0.6) is 0 Å². The Balaban J connectivity index is 1.54. The van der Waals surface area contributed by atoms with Gasteiger partial charge in [-0.3, -0.25) is 9.59 Å². The molecular formula is C20H26N2O4S. The van der Waals surface area contributed by atoms with E-state index in [0.717, 1.165) is 37.5 Å². The predicted octanol–water partition coefficient (Wildman–Crippen LogP) is 2.01. The molecule has 27 heavy (non-hydrogen) atoms. The number of sulfone groups is 1. The SMILES string of the molecule is Cc1ccc(S(C)(=O)=O)cc1C(=O)N1CC[C@H]2[C@@H](CCC(=O)N2C2CC2)C1. The molecule has 1 saturated carbocycles. The van der Waals surface area contributed by atoms with E-state index in [1.165, 1.54) is 6.07 Å². The number of aryl methyl sites for hydroxylation is 1. The third-order valence-electron chi connectivity index (χ3n) is 6.16. The van der Waals surface area contributed by atoms with E-state index in [9.17, 15) is 18.0 Å². The Morgan fingerprint density at radius 3 is 2.56 bits per heavy atom. The number of hydrogen-bond acceptors (Lipinski definition) is 4. The molecule has 0 N–H and O–H groups in total. The first-order valence-corrected chi connectivity index (χ1v) is 11.6. The lowest BCUT2D eigenvalue weighted by molar-refractivity contribution is -0.141. The van der Waals surface area contributed by atoms with Gasteiger partial charge in [0.1, 0.15) is 0 Å². The van der Waals surface area contributed by atoms with Crippen LogP contribution in [0.15, 0.2) is 23.1 Å². The second-order valence-corrected chi connectivity index (χ2v) is 10.2. The molecule has 0 bridgehead atoms. The first kappa shape index (κ1) is 18.5. The lowest BCUT2D eigenvalue weighted by Crippen LogP contribution is -2.57. The number of likely N-dealkylation sites (tertiary alicyclic amines) is 2. The second-order valence-electron chi connectivity index (χ2n) is 8.19. The van der Waals surface area contributed by atoms with Crippen molar-refractivity contribution in [2.75, 3.05) is 19.3 Å². The summed E-state index contributed by atoms with van der Waals surface area (Å²) < 4.78 is 23.7. The van der Waals surface area contributed by atoms with Gasteiger partial charge in [-0.1, -0.05) is 6.07 Å². The van der Waals surface area contributed by atoms with Crippen LogP contribution >= 0.6 is 0 Å². The Hall–Kier alpha value is -1.89. The standard InChI is InChI=1S/C20H26N2O4S/c1-13-3-7-16(27(2,25)26)11-17(13)20(24)21-10-9-18-14(12-21)4-8-19(23)22(18)15-5-6-15/h3,7,11,14-15,18H,4-6,8-10,12H2,1-2H3/t14-,18-/m0/s1. The average Bonchev–Trinajstić information content (AvgIpc) is 3.45. The molecular weight excluding hydrogens is 364 g/mol. The molecule has 2 amide bonds. The van der Waals surface area contributed by atoms with E-state index in [1.54, 1.807) is 12.1 Å². The first-order valence-electron chi connectivity index (χ1n) is 9.67. The van der Waals surface area contributed by atoms with Crippen molar-refractivity contribution in [3.63, 3.8) is 0 Å². The van der Waals surface area contributed by atoms with E-state index in [2.05, 4.69) is 4.90 Å². The Morgan fingerprint density at radius 1 is 1.15 bits per heavy atom. The normalized spacial score (nSPS) is 26.1. The van der Waals surface area contributed by atoms with Gasteiger partial charge in [0.2, 0.25) is 5.91 Å². The van der Waals surface area contributed by atoms with E-state index < -0.39 is 9.84 Å². The lowest BCUT2D eigenvalue weighted by Gasteiger charge is -2.47. The first-order chi connectivity index (χ1) is 12.8. The van der Waals surface area contributed by atoms with Crippen LogP contribution in [0.25, 0.3) is 0 Å². The van der Waals surface area contributed by atoms with Crippen molar-refractivity contribution in [2.45, 2.75) is 56.0 Å². The summed E-state index contributed by atoms with van der Waals surface area (Å²) in [5, 5.41) is 0. The highest BCUT2D eigenvalue weighted by Gasteiger charge is 2.45. The number of amides is 2. The average molecular weight is 391 g/mol. The predicted molar refractivity (Wildman–Crippen MR) is 101 cm³/mol. The van der Waals surface area contributed by atoms with Crippen LogP contribution in [0.4, 0.5) is 0 Å². The molecule has 6 nitrogen and oxygen atoms in total. The van der Waals surface area contributed by atoms with Crippen LogP contribution in [0.2, 0.25) is 0 Å². The molecule has 0 aromatic heterocycles. The Morgan fingerprint density at radius 2 is 1.89 bits per heavy atom. The minimum Gasteiger partial charge on any atom is -0.338 e. The lowest BCUT2D eigenvalue weighted by atomic mass is 9.83. The van der Waals surface area contributed by atoms with Gasteiger partial charge in [0, 0.05) is 43.4 Å². The number of fused-ring (bicyclic) bond motifs is 1. The maximum atomic E-state index is 13.1. The van der Waals surface area contributed by atoms with Crippen LogP contribution in [-0.4, -0.2) is 61.5 Å². The van der Waals surface area contributed by atoms with Gasteiger partial charge in [0.25, 0.3) is 5.91 Å². The largest absolute Gasteiger partial charge is 0.338 e. The summed E-state index contributed by atoms with van der Waals surface area (Å²) >= 11 is 0. The van der Waals surface area contributed by atoms with E-state index in [1.807, 2.05) is 11.8 Å². The fraction of sp³-hybridized carbons (Fsp3) is 0.600. The highest BCUT2D eigenvalue weighted by Crippen LogP contribution is 2.39. The zero-order chi connectivity index (χ0) is 19.3. The molecule has 7 heteroatoms. The molecule has 0 radical (unpaired) electrons. The van der Waals surface area contributed by atoms with Crippen LogP contribution in [-0.2, 0) is 14.6 Å². The van der Waals surface area contributed by atoms with Crippen molar-refractivity contribution < 1.29 is 18.0 Å². The van der Waals surface area contributed by atoms with Gasteiger partial charge in [-0.2, -0.15) is 0 Å². The number of piperidine rings is 2. The molecule has 1 aromatic rings. The zero-order valence-electron chi connectivity index (χ0n) is 15.8. The monoisotopic (exact) mass is 390 g/mol. The van der Waals surface area contributed by atoms with E-state index in [0.29, 0.717) is 37.0 Å². The van der Waals surface area contributed by atoms with Gasteiger partial charge in [-0.25, -0.2) is 8.42 Å². The van der Waals surface area contributed by atoms with Crippen LogP contribution in [0.3, 0.4) is 0 Å².